The number of nitrogens with one attached hydrogen (secondary N) is 1. The van der Waals surface area contributed by atoms with Gasteiger partial charge in [-0.2, -0.15) is 0 Å². The molecule has 0 aliphatic rings. The Morgan fingerprint density at radius 2 is 1.76 bits per heavy atom. The van der Waals surface area contributed by atoms with Crippen LogP contribution in [0.5, 0.6) is 0 Å². The molecule has 0 saturated heterocycles. The molecular weight excluding hydrogens is 493 g/mol. The quantitative estimate of drug-likeness (QED) is 0.293. The molecule has 2 N–H and O–H groups in total. The van der Waals surface area contributed by atoms with E-state index in [-0.39, 0.29) is 23.6 Å². The smallest absolute Gasteiger partial charge is 0.326 e. The Kier molecular flexibility index (Phi) is 11.0. The zero-order chi connectivity index (χ0) is 25.3. The number of halogens is 2. The first kappa shape index (κ1) is 27.8. The second-order valence-electron chi connectivity index (χ2n) is 7.44. The third kappa shape index (κ3) is 7.52. The first-order valence-corrected chi connectivity index (χ1v) is 12.5. The standard InChI is InChI=1S/C25H29Cl2N3O3S/c1-4-19(34-25(28)29(5-2)6-3)16-30(23(31)20-13-12-18(26)15-21(20)27)22(24(32)33)14-17-10-8-7-9-11-17/h4,7-13,15,22,28H,5-6,14,16H2,1-3H3,(H,32,33)/b19-4-,28-25?/t22-/m0/s1. The lowest BCUT2D eigenvalue weighted by Crippen LogP contribution is -2.47. The van der Waals surface area contributed by atoms with Gasteiger partial charge in [-0.05, 0) is 44.5 Å². The molecule has 1 amide bonds. The molecule has 2 aromatic rings. The number of amides is 1. The van der Waals surface area contributed by atoms with Crippen molar-refractivity contribution in [3.05, 3.63) is 80.7 Å². The van der Waals surface area contributed by atoms with E-state index in [1.807, 2.05) is 56.0 Å². The van der Waals surface area contributed by atoms with E-state index in [9.17, 15) is 14.7 Å². The number of allylic oxidation sites excluding steroid dienone is 1. The Bertz CT molecular complexity index is 1040. The minimum atomic E-state index is -1.14. The van der Waals surface area contributed by atoms with Crippen molar-refractivity contribution in [2.45, 2.75) is 33.2 Å². The number of carbonyl (C=O) groups excluding carboxylic acids is 1. The van der Waals surface area contributed by atoms with E-state index in [4.69, 9.17) is 28.6 Å². The van der Waals surface area contributed by atoms with Gasteiger partial charge in [0, 0.05) is 29.4 Å². The number of thioether (sulfide) groups is 1. The van der Waals surface area contributed by atoms with E-state index in [1.54, 1.807) is 12.1 Å². The molecule has 0 bridgehead atoms. The van der Waals surface area contributed by atoms with Crippen LogP contribution in [-0.2, 0) is 11.2 Å². The van der Waals surface area contributed by atoms with Crippen LogP contribution in [0.15, 0.2) is 59.5 Å². The number of amidine groups is 1. The molecule has 9 heteroatoms. The van der Waals surface area contributed by atoms with Crippen molar-refractivity contribution < 1.29 is 14.7 Å². The highest BCUT2D eigenvalue weighted by Crippen LogP contribution is 2.27. The maximum atomic E-state index is 13.6. The number of aliphatic carboxylic acids is 1. The van der Waals surface area contributed by atoms with Crippen LogP contribution >= 0.6 is 35.0 Å². The molecule has 0 aliphatic carbocycles. The van der Waals surface area contributed by atoms with Crippen LogP contribution in [0.25, 0.3) is 0 Å². The molecular formula is C25H29Cl2N3O3S. The van der Waals surface area contributed by atoms with Crippen LogP contribution in [0, 0.1) is 5.41 Å². The van der Waals surface area contributed by atoms with Gasteiger partial charge >= 0.3 is 5.97 Å². The Morgan fingerprint density at radius 1 is 1.12 bits per heavy atom. The van der Waals surface area contributed by atoms with Crippen molar-refractivity contribution in [1.29, 1.82) is 5.41 Å². The van der Waals surface area contributed by atoms with Crippen LogP contribution in [0.3, 0.4) is 0 Å². The van der Waals surface area contributed by atoms with Gasteiger partial charge in [-0.3, -0.25) is 10.2 Å². The van der Waals surface area contributed by atoms with Crippen LogP contribution in [0.1, 0.15) is 36.7 Å². The fourth-order valence-electron chi connectivity index (χ4n) is 3.36. The monoisotopic (exact) mass is 521 g/mol. The average Bonchev–Trinajstić information content (AvgIpc) is 2.81. The molecule has 0 aliphatic heterocycles. The largest absolute Gasteiger partial charge is 0.480 e. The van der Waals surface area contributed by atoms with Crippen LogP contribution in [-0.4, -0.2) is 57.6 Å². The van der Waals surface area contributed by atoms with Crippen molar-refractivity contribution in [3.63, 3.8) is 0 Å². The Balaban J connectivity index is 2.45. The summed E-state index contributed by atoms with van der Waals surface area (Å²) in [4.78, 5) is 29.9. The second-order valence-corrected chi connectivity index (χ2v) is 9.39. The van der Waals surface area contributed by atoms with Gasteiger partial charge in [0.15, 0.2) is 5.17 Å². The molecule has 0 spiro atoms. The summed E-state index contributed by atoms with van der Waals surface area (Å²) in [6, 6.07) is 12.5. The molecule has 2 rings (SSSR count). The fourth-order valence-corrected chi connectivity index (χ4v) is 4.81. The van der Waals surface area contributed by atoms with Gasteiger partial charge in [0.05, 0.1) is 17.1 Å². The predicted octanol–water partition coefficient (Wildman–Crippen LogP) is 6.05. The normalized spacial score (nSPS) is 12.2. The molecule has 1 atom stereocenters. The van der Waals surface area contributed by atoms with Gasteiger partial charge in [-0.25, -0.2) is 4.79 Å². The van der Waals surface area contributed by atoms with Crippen LogP contribution < -0.4 is 0 Å². The Labute approximate surface area is 215 Å². The molecule has 0 heterocycles. The number of nitrogens with zero attached hydrogens (tertiary/aromatic N) is 2. The molecule has 0 radical (unpaired) electrons. The summed E-state index contributed by atoms with van der Waals surface area (Å²) < 4.78 is 0. The number of carboxylic acid groups (broad SMARTS) is 1. The highest BCUT2D eigenvalue weighted by atomic mass is 35.5. The summed E-state index contributed by atoms with van der Waals surface area (Å²) in [6.07, 6.45) is 1.93. The van der Waals surface area contributed by atoms with Gasteiger partial charge in [-0.1, -0.05) is 71.4 Å². The van der Waals surface area contributed by atoms with Gasteiger partial charge in [0.25, 0.3) is 5.91 Å². The van der Waals surface area contributed by atoms with Gasteiger partial charge in [0.1, 0.15) is 6.04 Å². The summed E-state index contributed by atoms with van der Waals surface area (Å²) in [6.45, 7) is 7.11. The minimum absolute atomic E-state index is 0.0202. The number of carbonyl (C=O) groups is 2. The zero-order valence-corrected chi connectivity index (χ0v) is 21.8. The molecule has 0 saturated carbocycles. The lowest BCUT2D eigenvalue weighted by Gasteiger charge is -2.31. The van der Waals surface area contributed by atoms with Gasteiger partial charge in [0.2, 0.25) is 0 Å². The van der Waals surface area contributed by atoms with E-state index in [0.29, 0.717) is 28.2 Å². The number of benzene rings is 2. The van der Waals surface area contributed by atoms with E-state index >= 15 is 0 Å². The SMILES string of the molecule is C/C=C(/CN(C(=O)c1ccc(Cl)cc1Cl)[C@@H](Cc1ccccc1)C(=O)O)SC(=N)N(CC)CC. The summed E-state index contributed by atoms with van der Waals surface area (Å²) in [5.41, 5.74) is 0.963. The van der Waals surface area contributed by atoms with E-state index < -0.39 is 17.9 Å². The van der Waals surface area contributed by atoms with Crippen molar-refractivity contribution >= 4 is 52.0 Å². The Morgan fingerprint density at radius 3 is 2.29 bits per heavy atom. The number of carboxylic acids is 1. The first-order valence-electron chi connectivity index (χ1n) is 10.9. The van der Waals surface area contributed by atoms with Crippen molar-refractivity contribution in [1.82, 2.24) is 9.80 Å². The first-order chi connectivity index (χ1) is 16.2. The summed E-state index contributed by atoms with van der Waals surface area (Å²) in [5.74, 6) is -1.64. The maximum absolute atomic E-state index is 13.6. The highest BCUT2D eigenvalue weighted by Gasteiger charge is 2.32. The van der Waals surface area contributed by atoms with E-state index in [2.05, 4.69) is 0 Å². The van der Waals surface area contributed by atoms with Crippen LogP contribution in [0.2, 0.25) is 10.0 Å². The van der Waals surface area contributed by atoms with Crippen LogP contribution in [0.4, 0.5) is 0 Å². The third-order valence-corrected chi connectivity index (χ3v) is 6.91. The zero-order valence-electron chi connectivity index (χ0n) is 19.4. The highest BCUT2D eigenvalue weighted by molar-refractivity contribution is 8.17. The van der Waals surface area contributed by atoms with Crippen molar-refractivity contribution in [3.8, 4) is 0 Å². The molecule has 2 aromatic carbocycles. The van der Waals surface area contributed by atoms with Crippen molar-refractivity contribution in [2.75, 3.05) is 19.6 Å². The predicted molar refractivity (Wildman–Crippen MR) is 141 cm³/mol. The summed E-state index contributed by atoms with van der Waals surface area (Å²) in [5, 5.41) is 19.4. The molecule has 6 nitrogen and oxygen atoms in total. The molecule has 0 fully saturated rings. The molecule has 0 unspecified atom stereocenters. The minimum Gasteiger partial charge on any atom is -0.480 e. The summed E-state index contributed by atoms with van der Waals surface area (Å²) in [7, 11) is 0. The third-order valence-electron chi connectivity index (χ3n) is 5.28. The van der Waals surface area contributed by atoms with Gasteiger partial charge in [-0.15, -0.1) is 0 Å². The van der Waals surface area contributed by atoms with E-state index in [1.165, 1.54) is 28.8 Å². The average molecular weight is 522 g/mol. The molecule has 34 heavy (non-hydrogen) atoms. The van der Waals surface area contributed by atoms with Gasteiger partial charge < -0.3 is 14.9 Å². The number of hydrogen-bond donors (Lipinski definition) is 2. The Hall–Kier alpha value is -2.48. The maximum Gasteiger partial charge on any atom is 0.326 e. The fraction of sp³-hybridized carbons (Fsp3) is 0.320. The number of rotatable bonds is 10. The second kappa shape index (κ2) is 13.4. The number of hydrogen-bond acceptors (Lipinski definition) is 4. The molecule has 182 valence electrons. The van der Waals surface area contributed by atoms with E-state index in [0.717, 1.165) is 5.56 Å². The lowest BCUT2D eigenvalue weighted by atomic mass is 10.0. The summed E-state index contributed by atoms with van der Waals surface area (Å²) >= 11 is 13.5. The molecule has 0 aromatic heterocycles. The topological polar surface area (TPSA) is 84.7 Å². The van der Waals surface area contributed by atoms with Crippen molar-refractivity contribution in [2.24, 2.45) is 0 Å². The lowest BCUT2D eigenvalue weighted by molar-refractivity contribution is -0.142.